The number of aldehydes is 1. The number of halogens is 1. The second kappa shape index (κ2) is 6.89. The van der Waals surface area contributed by atoms with E-state index < -0.39 is 6.04 Å². The van der Waals surface area contributed by atoms with E-state index in [9.17, 15) is 9.59 Å². The lowest BCUT2D eigenvalue weighted by Crippen LogP contribution is -2.18. The van der Waals surface area contributed by atoms with E-state index in [1.807, 2.05) is 30.3 Å². The summed E-state index contributed by atoms with van der Waals surface area (Å²) in [6.07, 6.45) is 2.42. The standard InChI is InChI=1S/C19H16ClNO3/c1-13(19(23)24-12-14-5-3-2-4-6-14)21-10-15(11-22)17-9-16(20)7-8-18(17)21/h2-11,13H,12H2,1H3. The SMILES string of the molecule is CC(C(=O)OCc1ccccc1)n1cc(C=O)c2cc(Cl)ccc21. The molecule has 0 amide bonds. The van der Waals surface area contributed by atoms with Gasteiger partial charge in [0.05, 0.1) is 0 Å². The molecule has 0 aliphatic carbocycles. The first-order chi connectivity index (χ1) is 11.6. The fourth-order valence-electron chi connectivity index (χ4n) is 2.63. The minimum absolute atomic E-state index is 0.218. The molecule has 0 saturated carbocycles. The van der Waals surface area contributed by atoms with Crippen molar-refractivity contribution in [1.29, 1.82) is 0 Å². The average Bonchev–Trinajstić information content (AvgIpc) is 2.97. The summed E-state index contributed by atoms with van der Waals surface area (Å²) in [5, 5.41) is 1.27. The maximum Gasteiger partial charge on any atom is 0.329 e. The first-order valence-electron chi connectivity index (χ1n) is 7.56. The van der Waals surface area contributed by atoms with Gasteiger partial charge in [-0.1, -0.05) is 41.9 Å². The van der Waals surface area contributed by atoms with Crippen LogP contribution in [-0.2, 0) is 16.1 Å². The molecule has 0 fully saturated rings. The molecule has 0 saturated heterocycles. The molecule has 0 radical (unpaired) electrons. The summed E-state index contributed by atoms with van der Waals surface area (Å²) in [7, 11) is 0. The number of carbonyl (C=O) groups excluding carboxylic acids is 2. The third kappa shape index (κ3) is 3.19. The van der Waals surface area contributed by atoms with Crippen LogP contribution in [0.25, 0.3) is 10.9 Å². The molecular weight excluding hydrogens is 326 g/mol. The summed E-state index contributed by atoms with van der Waals surface area (Å²) in [6.45, 7) is 1.96. The predicted octanol–water partition coefficient (Wildman–Crippen LogP) is 4.41. The highest BCUT2D eigenvalue weighted by Gasteiger charge is 2.20. The smallest absolute Gasteiger partial charge is 0.329 e. The molecule has 4 nitrogen and oxygen atoms in total. The Morgan fingerprint density at radius 3 is 2.71 bits per heavy atom. The first kappa shape index (κ1) is 16.3. The van der Waals surface area contributed by atoms with Crippen molar-refractivity contribution in [2.75, 3.05) is 0 Å². The maximum atomic E-state index is 12.4. The van der Waals surface area contributed by atoms with Crippen molar-refractivity contribution in [2.24, 2.45) is 0 Å². The van der Waals surface area contributed by atoms with Crippen molar-refractivity contribution in [3.8, 4) is 0 Å². The molecule has 1 unspecified atom stereocenters. The van der Waals surface area contributed by atoms with Crippen LogP contribution in [0.3, 0.4) is 0 Å². The van der Waals surface area contributed by atoms with Crippen LogP contribution in [0.1, 0.15) is 28.9 Å². The molecule has 0 bridgehead atoms. The van der Waals surface area contributed by atoms with Crippen molar-refractivity contribution >= 4 is 34.8 Å². The molecule has 1 aromatic heterocycles. The van der Waals surface area contributed by atoms with Gasteiger partial charge in [0.1, 0.15) is 12.6 Å². The maximum absolute atomic E-state index is 12.4. The van der Waals surface area contributed by atoms with Crippen LogP contribution in [0.15, 0.2) is 54.7 Å². The van der Waals surface area contributed by atoms with Crippen LogP contribution >= 0.6 is 11.6 Å². The lowest BCUT2D eigenvalue weighted by molar-refractivity contribution is -0.148. The van der Waals surface area contributed by atoms with E-state index in [-0.39, 0.29) is 12.6 Å². The zero-order chi connectivity index (χ0) is 17.1. The first-order valence-corrected chi connectivity index (χ1v) is 7.94. The zero-order valence-electron chi connectivity index (χ0n) is 13.1. The molecule has 3 rings (SSSR count). The van der Waals surface area contributed by atoms with Gasteiger partial charge in [0.2, 0.25) is 0 Å². The van der Waals surface area contributed by atoms with Crippen molar-refractivity contribution in [1.82, 2.24) is 4.57 Å². The molecular formula is C19H16ClNO3. The van der Waals surface area contributed by atoms with Gasteiger partial charge in [-0.2, -0.15) is 0 Å². The lowest BCUT2D eigenvalue weighted by Gasteiger charge is -2.14. The van der Waals surface area contributed by atoms with Gasteiger partial charge in [0.15, 0.2) is 6.29 Å². The number of esters is 1. The minimum atomic E-state index is -0.550. The fraction of sp³-hybridized carbons (Fsp3) is 0.158. The van der Waals surface area contributed by atoms with E-state index in [1.165, 1.54) is 0 Å². The number of benzene rings is 2. The molecule has 5 heteroatoms. The predicted molar refractivity (Wildman–Crippen MR) is 93.3 cm³/mol. The molecule has 0 spiro atoms. The Hall–Kier alpha value is -2.59. The number of aromatic nitrogens is 1. The second-order valence-corrected chi connectivity index (χ2v) is 5.98. The van der Waals surface area contributed by atoms with Gasteiger partial charge in [0, 0.05) is 27.7 Å². The van der Waals surface area contributed by atoms with E-state index in [0.29, 0.717) is 10.6 Å². The summed E-state index contributed by atoms with van der Waals surface area (Å²) >= 11 is 6.00. The molecule has 2 aromatic carbocycles. The van der Waals surface area contributed by atoms with Gasteiger partial charge >= 0.3 is 5.97 Å². The summed E-state index contributed by atoms with van der Waals surface area (Å²) in [6, 6.07) is 14.2. The lowest BCUT2D eigenvalue weighted by atomic mass is 10.2. The van der Waals surface area contributed by atoms with Crippen LogP contribution in [0, 0.1) is 0 Å². The zero-order valence-corrected chi connectivity index (χ0v) is 13.9. The Bertz CT molecular complexity index is 886. The molecule has 0 aliphatic heterocycles. The van der Waals surface area contributed by atoms with Gasteiger partial charge in [-0.25, -0.2) is 4.79 Å². The topological polar surface area (TPSA) is 48.3 Å². The monoisotopic (exact) mass is 341 g/mol. The van der Waals surface area contributed by atoms with Crippen LogP contribution in [0.2, 0.25) is 5.02 Å². The second-order valence-electron chi connectivity index (χ2n) is 5.54. The number of nitrogens with zero attached hydrogens (tertiary/aromatic N) is 1. The quantitative estimate of drug-likeness (QED) is 0.510. The summed E-state index contributed by atoms with van der Waals surface area (Å²) < 4.78 is 7.12. The van der Waals surface area contributed by atoms with Gasteiger partial charge in [-0.3, -0.25) is 4.79 Å². The van der Waals surface area contributed by atoms with E-state index in [4.69, 9.17) is 16.3 Å². The average molecular weight is 342 g/mol. The number of fused-ring (bicyclic) bond motifs is 1. The van der Waals surface area contributed by atoms with Gasteiger partial charge in [-0.05, 0) is 30.7 Å². The van der Waals surface area contributed by atoms with E-state index in [2.05, 4.69) is 0 Å². The molecule has 122 valence electrons. The van der Waals surface area contributed by atoms with Gasteiger partial charge in [0.25, 0.3) is 0 Å². The highest BCUT2D eigenvalue weighted by Crippen LogP contribution is 2.27. The summed E-state index contributed by atoms with van der Waals surface area (Å²) in [5.41, 5.74) is 2.19. The highest BCUT2D eigenvalue weighted by atomic mass is 35.5. The van der Waals surface area contributed by atoms with Crippen LogP contribution in [-0.4, -0.2) is 16.8 Å². The van der Waals surface area contributed by atoms with Gasteiger partial charge < -0.3 is 9.30 Å². The van der Waals surface area contributed by atoms with Crippen LogP contribution in [0.4, 0.5) is 0 Å². The Morgan fingerprint density at radius 1 is 1.25 bits per heavy atom. The molecule has 0 N–H and O–H groups in total. The van der Waals surface area contributed by atoms with E-state index >= 15 is 0 Å². The number of rotatable bonds is 5. The highest BCUT2D eigenvalue weighted by molar-refractivity contribution is 6.31. The Labute approximate surface area is 144 Å². The van der Waals surface area contributed by atoms with Crippen LogP contribution in [0.5, 0.6) is 0 Å². The largest absolute Gasteiger partial charge is 0.459 e. The third-order valence-corrected chi connectivity index (χ3v) is 4.17. The Balaban J connectivity index is 1.84. The third-order valence-electron chi connectivity index (χ3n) is 3.94. The number of hydrogen-bond donors (Lipinski definition) is 0. The normalized spacial score (nSPS) is 12.1. The minimum Gasteiger partial charge on any atom is -0.459 e. The Kier molecular flexibility index (Phi) is 4.67. The number of hydrogen-bond acceptors (Lipinski definition) is 3. The van der Waals surface area contributed by atoms with E-state index in [0.717, 1.165) is 22.8 Å². The molecule has 3 aromatic rings. The summed E-state index contributed by atoms with van der Waals surface area (Å²) in [4.78, 5) is 23.6. The number of carbonyl (C=O) groups is 2. The van der Waals surface area contributed by atoms with Crippen molar-refractivity contribution in [3.63, 3.8) is 0 Å². The number of ether oxygens (including phenoxy) is 1. The van der Waals surface area contributed by atoms with Gasteiger partial charge in [-0.15, -0.1) is 0 Å². The van der Waals surface area contributed by atoms with E-state index in [1.54, 1.807) is 35.9 Å². The molecule has 1 heterocycles. The Morgan fingerprint density at radius 2 is 2.00 bits per heavy atom. The molecule has 0 aliphatic rings. The molecule has 1 atom stereocenters. The molecule has 24 heavy (non-hydrogen) atoms. The van der Waals surface area contributed by atoms with Crippen molar-refractivity contribution in [2.45, 2.75) is 19.6 Å². The summed E-state index contributed by atoms with van der Waals surface area (Å²) in [5.74, 6) is -0.358. The van der Waals surface area contributed by atoms with Crippen molar-refractivity contribution in [3.05, 3.63) is 70.9 Å². The fourth-order valence-corrected chi connectivity index (χ4v) is 2.80. The van der Waals surface area contributed by atoms with Crippen LogP contribution < -0.4 is 0 Å². The van der Waals surface area contributed by atoms with Crippen molar-refractivity contribution < 1.29 is 14.3 Å².